The number of carbonyl (C=O) groups is 1. The van der Waals surface area contributed by atoms with E-state index in [4.69, 9.17) is 23.9 Å². The van der Waals surface area contributed by atoms with Crippen LogP contribution in [0.1, 0.15) is 22.8 Å². The van der Waals surface area contributed by atoms with E-state index in [-0.39, 0.29) is 16.8 Å². The number of benzene rings is 3. The fraction of sp³-hybridized carbons (Fsp3) is 0.179. The van der Waals surface area contributed by atoms with Crippen LogP contribution in [0.5, 0.6) is 17.2 Å². The maximum Gasteiger partial charge on any atom is 0.340 e. The standard InChI is InChI=1S/C28H27N3O6/c1-17(29-22-16-24(36-4)23(35-3)15-21(22)28(33)37-5)25-26(18-11-13-20(34-2)14-12-18)30-31(27(25)32)19-9-7-6-8-10-19/h6-16,30H,1-5H3. The number of methoxy groups -OCH3 is 4. The summed E-state index contributed by atoms with van der Waals surface area (Å²) in [6.07, 6.45) is 0. The molecule has 0 unspecified atom stereocenters. The van der Waals surface area contributed by atoms with Gasteiger partial charge >= 0.3 is 5.97 Å². The molecule has 0 fully saturated rings. The Morgan fingerprint density at radius 2 is 1.51 bits per heavy atom. The van der Waals surface area contributed by atoms with Gasteiger partial charge in [0, 0.05) is 17.7 Å². The molecule has 0 aliphatic rings. The van der Waals surface area contributed by atoms with Crippen LogP contribution in [-0.2, 0) is 4.74 Å². The van der Waals surface area contributed by atoms with Gasteiger partial charge in [0.15, 0.2) is 11.5 Å². The molecule has 0 amide bonds. The van der Waals surface area contributed by atoms with E-state index in [1.165, 1.54) is 32.1 Å². The Balaban J connectivity index is 1.95. The molecule has 4 rings (SSSR count). The van der Waals surface area contributed by atoms with Crippen molar-refractivity contribution in [2.24, 2.45) is 4.99 Å². The highest BCUT2D eigenvalue weighted by atomic mass is 16.5. The van der Waals surface area contributed by atoms with Crippen LogP contribution in [-0.4, -0.2) is 49.9 Å². The largest absolute Gasteiger partial charge is 0.497 e. The topological polar surface area (TPSA) is 104 Å². The maximum absolute atomic E-state index is 13.7. The Hall–Kier alpha value is -4.79. The first-order valence-corrected chi connectivity index (χ1v) is 11.4. The van der Waals surface area contributed by atoms with Crippen LogP contribution in [0.2, 0.25) is 0 Å². The molecule has 0 aliphatic heterocycles. The van der Waals surface area contributed by atoms with E-state index in [0.717, 1.165) is 5.56 Å². The van der Waals surface area contributed by atoms with Crippen LogP contribution in [0.25, 0.3) is 16.9 Å². The SMILES string of the molecule is COC(=O)c1cc(OC)c(OC)cc1N=C(C)c1c(-c2ccc(OC)cc2)[nH]n(-c2ccccc2)c1=O. The van der Waals surface area contributed by atoms with Gasteiger partial charge in [-0.25, -0.2) is 9.48 Å². The fourth-order valence-corrected chi connectivity index (χ4v) is 3.97. The molecule has 9 nitrogen and oxygen atoms in total. The quantitative estimate of drug-likeness (QED) is 0.275. The molecule has 0 atom stereocenters. The van der Waals surface area contributed by atoms with Crippen LogP contribution in [0.3, 0.4) is 0 Å². The van der Waals surface area contributed by atoms with Gasteiger partial charge in [-0.2, -0.15) is 0 Å². The molecule has 37 heavy (non-hydrogen) atoms. The number of hydrogen-bond acceptors (Lipinski definition) is 7. The van der Waals surface area contributed by atoms with Crippen LogP contribution in [0.4, 0.5) is 5.69 Å². The van der Waals surface area contributed by atoms with Crippen molar-refractivity contribution in [2.75, 3.05) is 28.4 Å². The highest BCUT2D eigenvalue weighted by molar-refractivity contribution is 6.06. The van der Waals surface area contributed by atoms with E-state index < -0.39 is 5.97 Å². The number of carbonyl (C=O) groups excluding carboxylic acids is 1. The molecule has 0 spiro atoms. The minimum Gasteiger partial charge on any atom is -0.497 e. The Labute approximate surface area is 213 Å². The number of nitrogens with zero attached hydrogens (tertiary/aromatic N) is 2. The summed E-state index contributed by atoms with van der Waals surface area (Å²) in [7, 11) is 5.83. The molecular formula is C28H27N3O6. The first-order chi connectivity index (χ1) is 17.9. The number of aliphatic imine (C=N–C) groups is 1. The third-order valence-corrected chi connectivity index (χ3v) is 5.84. The molecule has 190 valence electrons. The fourth-order valence-electron chi connectivity index (χ4n) is 3.97. The van der Waals surface area contributed by atoms with Crippen LogP contribution < -0.4 is 19.8 Å². The summed E-state index contributed by atoms with van der Waals surface area (Å²) in [5, 5.41) is 3.22. The average Bonchev–Trinajstić information content (AvgIpc) is 3.29. The maximum atomic E-state index is 13.7. The lowest BCUT2D eigenvalue weighted by molar-refractivity contribution is 0.0601. The number of ether oxygens (including phenoxy) is 4. The highest BCUT2D eigenvalue weighted by Crippen LogP contribution is 2.36. The van der Waals surface area contributed by atoms with Crippen LogP contribution >= 0.6 is 0 Å². The van der Waals surface area contributed by atoms with Gasteiger partial charge in [0.25, 0.3) is 5.56 Å². The predicted octanol–water partition coefficient (Wildman–Crippen LogP) is 4.79. The molecule has 3 aromatic carbocycles. The van der Waals surface area contributed by atoms with Crippen molar-refractivity contribution in [1.29, 1.82) is 0 Å². The van der Waals surface area contributed by atoms with E-state index >= 15 is 0 Å². The molecule has 0 saturated carbocycles. The smallest absolute Gasteiger partial charge is 0.340 e. The minimum atomic E-state index is -0.598. The average molecular weight is 502 g/mol. The molecule has 0 saturated heterocycles. The second-order valence-corrected chi connectivity index (χ2v) is 7.98. The summed E-state index contributed by atoms with van der Waals surface area (Å²) >= 11 is 0. The van der Waals surface area contributed by atoms with Gasteiger partial charge in [-0.15, -0.1) is 0 Å². The zero-order valence-corrected chi connectivity index (χ0v) is 21.2. The van der Waals surface area contributed by atoms with Gasteiger partial charge in [0.2, 0.25) is 0 Å². The summed E-state index contributed by atoms with van der Waals surface area (Å²) in [5.74, 6) is 0.826. The molecule has 9 heteroatoms. The van der Waals surface area contributed by atoms with Crippen molar-refractivity contribution in [3.8, 4) is 34.2 Å². The number of para-hydroxylation sites is 1. The lowest BCUT2D eigenvalue weighted by atomic mass is 10.0. The molecule has 0 aliphatic carbocycles. The number of rotatable bonds is 8. The van der Waals surface area contributed by atoms with Crippen molar-refractivity contribution in [3.63, 3.8) is 0 Å². The molecule has 1 N–H and O–H groups in total. The van der Waals surface area contributed by atoms with E-state index in [1.807, 2.05) is 54.6 Å². The van der Waals surface area contributed by atoms with Crippen molar-refractivity contribution in [1.82, 2.24) is 9.78 Å². The molecular weight excluding hydrogens is 474 g/mol. The van der Waals surface area contributed by atoms with Crippen LogP contribution in [0, 0.1) is 0 Å². The lowest BCUT2D eigenvalue weighted by Crippen LogP contribution is -2.19. The van der Waals surface area contributed by atoms with Gasteiger partial charge < -0.3 is 18.9 Å². The van der Waals surface area contributed by atoms with Gasteiger partial charge in [0.1, 0.15) is 5.75 Å². The number of H-pyrrole nitrogens is 1. The molecule has 1 aromatic heterocycles. The van der Waals surface area contributed by atoms with Gasteiger partial charge in [-0.05, 0) is 43.3 Å². The van der Waals surface area contributed by atoms with E-state index in [9.17, 15) is 9.59 Å². The number of hydrogen-bond donors (Lipinski definition) is 1. The number of aromatic nitrogens is 2. The van der Waals surface area contributed by atoms with Crippen molar-refractivity contribution >= 4 is 17.4 Å². The van der Waals surface area contributed by atoms with Gasteiger partial charge in [-0.3, -0.25) is 14.9 Å². The normalized spacial score (nSPS) is 11.2. The summed E-state index contributed by atoms with van der Waals surface area (Å²) in [4.78, 5) is 31.0. The van der Waals surface area contributed by atoms with Gasteiger partial charge in [0.05, 0.1) is 62.3 Å². The first-order valence-electron chi connectivity index (χ1n) is 11.4. The van der Waals surface area contributed by atoms with Crippen LogP contribution in [0.15, 0.2) is 76.5 Å². The third kappa shape index (κ3) is 4.97. The summed E-state index contributed by atoms with van der Waals surface area (Å²) in [6, 6.07) is 19.6. The number of aromatic amines is 1. The Morgan fingerprint density at radius 3 is 2.11 bits per heavy atom. The van der Waals surface area contributed by atoms with Crippen molar-refractivity contribution in [3.05, 3.63) is 88.2 Å². The molecule has 0 bridgehead atoms. The lowest BCUT2D eigenvalue weighted by Gasteiger charge is -2.12. The minimum absolute atomic E-state index is 0.171. The second kappa shape index (κ2) is 10.9. The van der Waals surface area contributed by atoms with E-state index in [1.54, 1.807) is 20.1 Å². The zero-order chi connectivity index (χ0) is 26.5. The summed E-state index contributed by atoms with van der Waals surface area (Å²) < 4.78 is 22.4. The molecule has 1 heterocycles. The van der Waals surface area contributed by atoms with Gasteiger partial charge in [-0.1, -0.05) is 18.2 Å². The Bertz CT molecular complexity index is 1500. The molecule has 0 radical (unpaired) electrons. The second-order valence-electron chi connectivity index (χ2n) is 7.98. The highest BCUT2D eigenvalue weighted by Gasteiger charge is 2.22. The molecule has 4 aromatic rings. The number of nitrogens with one attached hydrogen (secondary N) is 1. The number of esters is 1. The van der Waals surface area contributed by atoms with E-state index in [0.29, 0.717) is 39.9 Å². The monoisotopic (exact) mass is 501 g/mol. The van der Waals surface area contributed by atoms with Crippen molar-refractivity contribution in [2.45, 2.75) is 6.92 Å². The van der Waals surface area contributed by atoms with Crippen molar-refractivity contribution < 1.29 is 23.7 Å². The first kappa shape index (κ1) is 25.3. The predicted molar refractivity (Wildman–Crippen MR) is 141 cm³/mol. The zero-order valence-electron chi connectivity index (χ0n) is 21.2. The third-order valence-electron chi connectivity index (χ3n) is 5.84. The summed E-state index contributed by atoms with van der Waals surface area (Å²) in [6.45, 7) is 1.71. The Morgan fingerprint density at radius 1 is 0.865 bits per heavy atom. The summed E-state index contributed by atoms with van der Waals surface area (Å²) in [5.41, 5.74) is 2.88. The Kier molecular flexibility index (Phi) is 7.43. The van der Waals surface area contributed by atoms with E-state index in [2.05, 4.69) is 5.10 Å².